The van der Waals surface area contributed by atoms with Gasteiger partial charge in [0.2, 0.25) is 0 Å². The van der Waals surface area contributed by atoms with Gasteiger partial charge >= 0.3 is 5.97 Å². The first kappa shape index (κ1) is 14.4. The molecule has 7 heteroatoms. The second kappa shape index (κ2) is 6.48. The van der Waals surface area contributed by atoms with E-state index in [2.05, 4.69) is 20.3 Å². The molecule has 0 aliphatic carbocycles. The molecule has 2 aromatic rings. The van der Waals surface area contributed by atoms with Gasteiger partial charge in [0.05, 0.1) is 18.5 Å². The quantitative estimate of drug-likeness (QED) is 0.890. The summed E-state index contributed by atoms with van der Waals surface area (Å²) in [4.78, 5) is 22.7. The highest BCUT2D eigenvalue weighted by atomic mass is 16.5. The predicted octanol–water partition coefficient (Wildman–Crippen LogP) is 1.90. The number of nitrogens with zero attached hydrogens (tertiary/aromatic N) is 3. The molecule has 1 aliphatic rings. The summed E-state index contributed by atoms with van der Waals surface area (Å²) in [5, 5.41) is 12.1. The summed E-state index contributed by atoms with van der Waals surface area (Å²) in [6.07, 6.45) is 7.92. The lowest BCUT2D eigenvalue weighted by Gasteiger charge is -2.30. The maximum absolute atomic E-state index is 10.8. The van der Waals surface area contributed by atoms with E-state index in [0.717, 1.165) is 18.4 Å². The molecule has 2 aromatic heterocycles. The van der Waals surface area contributed by atoms with Crippen molar-refractivity contribution >= 4 is 11.8 Å². The number of nitrogens with one attached hydrogen (secondary N) is 1. The molecule has 0 spiro atoms. The summed E-state index contributed by atoms with van der Waals surface area (Å²) in [7, 11) is 0. The molecule has 7 nitrogen and oxygen atoms in total. The van der Waals surface area contributed by atoms with E-state index < -0.39 is 5.97 Å². The molecule has 22 heavy (non-hydrogen) atoms. The van der Waals surface area contributed by atoms with Crippen molar-refractivity contribution in [2.75, 3.05) is 11.9 Å². The van der Waals surface area contributed by atoms with Crippen LogP contribution in [0.3, 0.4) is 0 Å². The third kappa shape index (κ3) is 3.37. The molecule has 0 bridgehead atoms. The van der Waals surface area contributed by atoms with Crippen LogP contribution in [0.15, 0.2) is 36.9 Å². The minimum Gasteiger partial charge on any atom is -0.476 e. The number of hydrogen-bond donors (Lipinski definition) is 2. The minimum atomic E-state index is -1.08. The zero-order chi connectivity index (χ0) is 15.4. The van der Waals surface area contributed by atoms with E-state index in [1.54, 1.807) is 12.4 Å². The molecule has 1 fully saturated rings. The van der Waals surface area contributed by atoms with Gasteiger partial charge in [-0.05, 0) is 30.5 Å². The molecule has 2 N–H and O–H groups in total. The van der Waals surface area contributed by atoms with Gasteiger partial charge in [0, 0.05) is 25.0 Å². The summed E-state index contributed by atoms with van der Waals surface area (Å²) in [5.74, 6) is -0.506. The van der Waals surface area contributed by atoms with Gasteiger partial charge in [-0.3, -0.25) is 4.98 Å². The molecule has 2 atom stereocenters. The zero-order valence-corrected chi connectivity index (χ0v) is 11.8. The highest BCUT2D eigenvalue weighted by Gasteiger charge is 2.24. The smallest absolute Gasteiger partial charge is 0.356 e. The van der Waals surface area contributed by atoms with Crippen LogP contribution in [0.25, 0.3) is 0 Å². The number of carbonyl (C=O) groups is 1. The van der Waals surface area contributed by atoms with Crippen molar-refractivity contribution in [3.8, 4) is 0 Å². The fourth-order valence-electron chi connectivity index (χ4n) is 2.46. The number of anilines is 1. The van der Waals surface area contributed by atoms with Crippen LogP contribution in [0.5, 0.6) is 0 Å². The van der Waals surface area contributed by atoms with Crippen molar-refractivity contribution in [3.05, 3.63) is 48.2 Å². The summed E-state index contributed by atoms with van der Waals surface area (Å²) in [6, 6.07) is 4.11. The second-order valence-electron chi connectivity index (χ2n) is 5.10. The van der Waals surface area contributed by atoms with Gasteiger partial charge in [0.1, 0.15) is 5.82 Å². The average Bonchev–Trinajstić information content (AvgIpc) is 2.56. The molecule has 114 valence electrons. The largest absolute Gasteiger partial charge is 0.476 e. The Bertz CT molecular complexity index is 633. The van der Waals surface area contributed by atoms with Crippen molar-refractivity contribution in [2.24, 2.45) is 0 Å². The maximum Gasteiger partial charge on any atom is 0.356 e. The number of ether oxygens (including phenoxy) is 1. The molecule has 1 saturated heterocycles. The Morgan fingerprint density at radius 3 is 2.77 bits per heavy atom. The van der Waals surface area contributed by atoms with Crippen LogP contribution in [-0.2, 0) is 4.74 Å². The van der Waals surface area contributed by atoms with Crippen molar-refractivity contribution in [1.82, 2.24) is 15.0 Å². The van der Waals surface area contributed by atoms with Crippen LogP contribution in [0.4, 0.5) is 5.82 Å². The Labute approximate surface area is 127 Å². The van der Waals surface area contributed by atoms with Gasteiger partial charge in [-0.25, -0.2) is 14.8 Å². The lowest BCUT2D eigenvalue weighted by atomic mass is 9.98. The van der Waals surface area contributed by atoms with Crippen LogP contribution in [0.1, 0.15) is 35.0 Å². The van der Waals surface area contributed by atoms with E-state index in [9.17, 15) is 4.79 Å². The standard InChI is InChI=1S/C15H16N4O3/c20-15(21)12-8-18-14(9-17-12)19-11-3-6-22-13(7-11)10-1-4-16-5-2-10/h1-2,4-5,8-9,11,13H,3,6-7H2,(H,18,19)(H,20,21). The fourth-order valence-corrected chi connectivity index (χ4v) is 2.46. The third-order valence-corrected chi connectivity index (χ3v) is 3.58. The normalized spacial score (nSPS) is 21.3. The SMILES string of the molecule is O=C(O)c1cnc(NC2CCOC(c3ccncc3)C2)cn1. The molecule has 0 aromatic carbocycles. The Balaban J connectivity index is 1.64. The molecule has 3 heterocycles. The van der Waals surface area contributed by atoms with E-state index in [1.807, 2.05) is 12.1 Å². The lowest BCUT2D eigenvalue weighted by Crippen LogP contribution is -2.30. The molecule has 0 radical (unpaired) electrons. The van der Waals surface area contributed by atoms with Crippen LogP contribution in [0.2, 0.25) is 0 Å². The Morgan fingerprint density at radius 2 is 2.09 bits per heavy atom. The van der Waals surface area contributed by atoms with E-state index in [4.69, 9.17) is 9.84 Å². The van der Waals surface area contributed by atoms with E-state index in [-0.39, 0.29) is 17.8 Å². The Morgan fingerprint density at radius 1 is 1.27 bits per heavy atom. The first-order chi connectivity index (χ1) is 10.7. The number of aromatic nitrogens is 3. The fraction of sp³-hybridized carbons (Fsp3) is 0.333. The van der Waals surface area contributed by atoms with E-state index in [1.165, 1.54) is 12.4 Å². The first-order valence-corrected chi connectivity index (χ1v) is 7.06. The van der Waals surface area contributed by atoms with Gasteiger partial charge in [-0.1, -0.05) is 0 Å². The number of hydrogen-bond acceptors (Lipinski definition) is 6. The Hall–Kier alpha value is -2.54. The molecular weight excluding hydrogens is 284 g/mol. The summed E-state index contributed by atoms with van der Waals surface area (Å²) in [5.41, 5.74) is 1.04. The molecule has 0 amide bonds. The number of carboxylic acid groups (broad SMARTS) is 1. The number of rotatable bonds is 4. The number of carboxylic acids is 1. The number of pyridine rings is 1. The van der Waals surface area contributed by atoms with Crippen molar-refractivity contribution in [2.45, 2.75) is 25.0 Å². The average molecular weight is 300 g/mol. The van der Waals surface area contributed by atoms with Gasteiger partial charge in [0.15, 0.2) is 5.69 Å². The van der Waals surface area contributed by atoms with Crippen molar-refractivity contribution in [3.63, 3.8) is 0 Å². The number of aromatic carboxylic acids is 1. The molecular formula is C15H16N4O3. The first-order valence-electron chi connectivity index (χ1n) is 7.06. The van der Waals surface area contributed by atoms with Gasteiger partial charge in [-0.2, -0.15) is 0 Å². The predicted molar refractivity (Wildman–Crippen MR) is 78.6 cm³/mol. The van der Waals surface area contributed by atoms with Crippen molar-refractivity contribution < 1.29 is 14.6 Å². The zero-order valence-electron chi connectivity index (χ0n) is 11.8. The van der Waals surface area contributed by atoms with Crippen LogP contribution >= 0.6 is 0 Å². The highest BCUT2D eigenvalue weighted by molar-refractivity contribution is 5.84. The van der Waals surface area contributed by atoms with Crippen LogP contribution < -0.4 is 5.32 Å². The van der Waals surface area contributed by atoms with E-state index in [0.29, 0.717) is 12.4 Å². The van der Waals surface area contributed by atoms with Crippen LogP contribution in [0, 0.1) is 0 Å². The van der Waals surface area contributed by atoms with Crippen molar-refractivity contribution in [1.29, 1.82) is 0 Å². The van der Waals surface area contributed by atoms with E-state index >= 15 is 0 Å². The molecule has 2 unspecified atom stereocenters. The van der Waals surface area contributed by atoms with Gasteiger partial charge in [-0.15, -0.1) is 0 Å². The summed E-state index contributed by atoms with van der Waals surface area (Å²) >= 11 is 0. The van der Waals surface area contributed by atoms with Gasteiger partial charge < -0.3 is 15.2 Å². The second-order valence-corrected chi connectivity index (χ2v) is 5.10. The maximum atomic E-state index is 10.8. The lowest BCUT2D eigenvalue weighted by molar-refractivity contribution is 0.00969. The molecule has 0 saturated carbocycles. The van der Waals surface area contributed by atoms with Gasteiger partial charge in [0.25, 0.3) is 0 Å². The molecule has 1 aliphatic heterocycles. The Kier molecular flexibility index (Phi) is 4.24. The van der Waals surface area contributed by atoms with Crippen LogP contribution in [-0.4, -0.2) is 38.7 Å². The summed E-state index contributed by atoms with van der Waals surface area (Å²) < 4.78 is 5.80. The topological polar surface area (TPSA) is 97.2 Å². The monoisotopic (exact) mass is 300 g/mol. The third-order valence-electron chi connectivity index (χ3n) is 3.58. The minimum absolute atomic E-state index is 0.0282. The summed E-state index contributed by atoms with van der Waals surface area (Å²) in [6.45, 7) is 0.658. The highest BCUT2D eigenvalue weighted by Crippen LogP contribution is 2.28. The molecule has 3 rings (SSSR count).